The third-order valence-corrected chi connectivity index (χ3v) is 2.96. The summed E-state index contributed by atoms with van der Waals surface area (Å²) >= 11 is 0. The Morgan fingerprint density at radius 1 is 1.50 bits per heavy atom. The molecule has 0 radical (unpaired) electrons. The van der Waals surface area contributed by atoms with Crippen LogP contribution in [0.25, 0.3) is 0 Å². The summed E-state index contributed by atoms with van der Waals surface area (Å²) in [6.07, 6.45) is 0.295. The van der Waals surface area contributed by atoms with E-state index in [9.17, 15) is 0 Å². The molecule has 0 amide bonds. The van der Waals surface area contributed by atoms with E-state index in [0.29, 0.717) is 12.1 Å². The minimum absolute atomic E-state index is 0.00708. The summed E-state index contributed by atoms with van der Waals surface area (Å²) < 4.78 is 11.5. The fraction of sp³-hybridized carbons (Fsp3) is 1.00. The second kappa shape index (κ2) is 4.14. The zero-order valence-electron chi connectivity index (χ0n) is 9.01. The molecule has 0 aromatic rings. The van der Waals surface area contributed by atoms with E-state index in [2.05, 4.69) is 24.5 Å². The van der Waals surface area contributed by atoms with Gasteiger partial charge < -0.3 is 20.1 Å². The van der Waals surface area contributed by atoms with Gasteiger partial charge in [0.2, 0.25) is 0 Å². The molecule has 0 aliphatic carbocycles. The van der Waals surface area contributed by atoms with Crippen molar-refractivity contribution in [3.63, 3.8) is 0 Å². The fourth-order valence-corrected chi connectivity index (χ4v) is 1.99. The molecule has 2 aliphatic heterocycles. The van der Waals surface area contributed by atoms with E-state index in [1.165, 1.54) is 0 Å². The smallest absolute Gasteiger partial charge is 0.110 e. The van der Waals surface area contributed by atoms with Gasteiger partial charge >= 0.3 is 0 Å². The van der Waals surface area contributed by atoms with Gasteiger partial charge in [-0.1, -0.05) is 0 Å². The van der Waals surface area contributed by atoms with Crippen molar-refractivity contribution in [1.29, 1.82) is 0 Å². The molecule has 0 aromatic carbocycles. The van der Waals surface area contributed by atoms with E-state index in [-0.39, 0.29) is 5.60 Å². The molecule has 0 bridgehead atoms. The van der Waals surface area contributed by atoms with Crippen molar-refractivity contribution in [3.8, 4) is 0 Å². The second-order valence-electron chi connectivity index (χ2n) is 4.41. The number of hydrogen-bond donors (Lipinski definition) is 2. The summed E-state index contributed by atoms with van der Waals surface area (Å²) in [5.41, 5.74) is 0.00708. The van der Waals surface area contributed by atoms with Crippen molar-refractivity contribution < 1.29 is 9.47 Å². The summed E-state index contributed by atoms with van der Waals surface area (Å²) in [5.74, 6) is 0. The quantitative estimate of drug-likeness (QED) is 0.659. The van der Waals surface area contributed by atoms with Crippen LogP contribution >= 0.6 is 0 Å². The van der Waals surface area contributed by atoms with E-state index in [1.54, 1.807) is 0 Å². The maximum Gasteiger partial charge on any atom is 0.110 e. The highest BCUT2D eigenvalue weighted by atomic mass is 16.5. The SMILES string of the molecule is CC(C)OCC1NCCOC12CNC2. The van der Waals surface area contributed by atoms with Gasteiger partial charge in [0.15, 0.2) is 0 Å². The van der Waals surface area contributed by atoms with Gasteiger partial charge in [-0.15, -0.1) is 0 Å². The van der Waals surface area contributed by atoms with Crippen LogP contribution in [0.5, 0.6) is 0 Å². The monoisotopic (exact) mass is 200 g/mol. The van der Waals surface area contributed by atoms with Crippen LogP contribution in [0.2, 0.25) is 0 Å². The lowest BCUT2D eigenvalue weighted by atomic mass is 9.87. The fourth-order valence-electron chi connectivity index (χ4n) is 1.99. The third kappa shape index (κ3) is 1.93. The summed E-state index contributed by atoms with van der Waals surface area (Å²) in [6.45, 7) is 8.54. The van der Waals surface area contributed by atoms with Crippen molar-refractivity contribution in [2.75, 3.05) is 32.8 Å². The van der Waals surface area contributed by atoms with Crippen LogP contribution in [-0.4, -0.2) is 50.6 Å². The predicted molar refractivity (Wildman–Crippen MR) is 54.4 cm³/mol. The van der Waals surface area contributed by atoms with Crippen LogP contribution in [-0.2, 0) is 9.47 Å². The first-order valence-corrected chi connectivity index (χ1v) is 5.43. The lowest BCUT2D eigenvalue weighted by Crippen LogP contribution is -2.74. The standard InChI is InChI=1S/C10H20N2O2/c1-8(2)13-5-9-10(6-11-7-10)14-4-3-12-9/h8-9,11-12H,3-7H2,1-2H3. The molecular weight excluding hydrogens is 180 g/mol. The zero-order valence-corrected chi connectivity index (χ0v) is 9.01. The topological polar surface area (TPSA) is 42.5 Å². The Morgan fingerprint density at radius 2 is 2.29 bits per heavy atom. The van der Waals surface area contributed by atoms with Crippen molar-refractivity contribution >= 4 is 0 Å². The van der Waals surface area contributed by atoms with Crippen LogP contribution in [0.4, 0.5) is 0 Å². The molecule has 2 N–H and O–H groups in total. The maximum atomic E-state index is 5.84. The molecule has 0 saturated carbocycles. The summed E-state index contributed by atoms with van der Waals surface area (Å²) in [7, 11) is 0. The summed E-state index contributed by atoms with van der Waals surface area (Å²) in [4.78, 5) is 0. The lowest BCUT2D eigenvalue weighted by Gasteiger charge is -2.50. The first-order chi connectivity index (χ1) is 6.73. The van der Waals surface area contributed by atoms with E-state index < -0.39 is 0 Å². The molecule has 4 nitrogen and oxygen atoms in total. The van der Waals surface area contributed by atoms with Crippen molar-refractivity contribution in [2.24, 2.45) is 0 Å². The van der Waals surface area contributed by atoms with Crippen molar-refractivity contribution in [3.05, 3.63) is 0 Å². The van der Waals surface area contributed by atoms with Gasteiger partial charge in [-0.3, -0.25) is 0 Å². The van der Waals surface area contributed by atoms with Crippen LogP contribution in [0.3, 0.4) is 0 Å². The largest absolute Gasteiger partial charge is 0.377 e. The maximum absolute atomic E-state index is 5.84. The van der Waals surface area contributed by atoms with Gasteiger partial charge in [0.1, 0.15) is 5.60 Å². The molecule has 1 unspecified atom stereocenters. The highest BCUT2D eigenvalue weighted by molar-refractivity contribution is 5.05. The molecule has 82 valence electrons. The molecule has 2 heterocycles. The molecule has 14 heavy (non-hydrogen) atoms. The number of ether oxygens (including phenoxy) is 2. The van der Waals surface area contributed by atoms with Gasteiger partial charge in [0.25, 0.3) is 0 Å². The molecule has 1 atom stereocenters. The Kier molecular flexibility index (Phi) is 3.07. The lowest BCUT2D eigenvalue weighted by molar-refractivity contribution is -0.143. The van der Waals surface area contributed by atoms with Gasteiger partial charge in [0.05, 0.1) is 25.4 Å². The number of morpholine rings is 1. The molecular formula is C10H20N2O2. The van der Waals surface area contributed by atoms with Gasteiger partial charge in [0, 0.05) is 19.6 Å². The summed E-state index contributed by atoms with van der Waals surface area (Å²) in [6, 6.07) is 0.347. The first kappa shape index (κ1) is 10.4. The van der Waals surface area contributed by atoms with Crippen LogP contribution < -0.4 is 10.6 Å². The van der Waals surface area contributed by atoms with Gasteiger partial charge in [-0.2, -0.15) is 0 Å². The second-order valence-corrected chi connectivity index (χ2v) is 4.41. The third-order valence-electron chi connectivity index (χ3n) is 2.96. The molecule has 0 aromatic heterocycles. The zero-order chi connectivity index (χ0) is 10.0. The number of rotatable bonds is 3. The molecule has 2 rings (SSSR count). The van der Waals surface area contributed by atoms with E-state index >= 15 is 0 Å². The average Bonchev–Trinajstić information content (AvgIpc) is 2.12. The highest BCUT2D eigenvalue weighted by Crippen LogP contribution is 2.24. The predicted octanol–water partition coefficient (Wildman–Crippen LogP) is -0.258. The molecule has 2 fully saturated rings. The van der Waals surface area contributed by atoms with E-state index in [0.717, 1.165) is 32.8 Å². The normalized spacial score (nSPS) is 30.6. The van der Waals surface area contributed by atoms with Gasteiger partial charge in [-0.05, 0) is 13.8 Å². The Bertz CT molecular complexity index is 193. The van der Waals surface area contributed by atoms with Crippen LogP contribution in [0.15, 0.2) is 0 Å². The Morgan fingerprint density at radius 3 is 2.86 bits per heavy atom. The first-order valence-electron chi connectivity index (χ1n) is 5.43. The molecule has 2 aliphatic rings. The average molecular weight is 200 g/mol. The number of hydrogen-bond acceptors (Lipinski definition) is 4. The van der Waals surface area contributed by atoms with E-state index in [1.807, 2.05) is 0 Å². The van der Waals surface area contributed by atoms with E-state index in [4.69, 9.17) is 9.47 Å². The van der Waals surface area contributed by atoms with Crippen LogP contribution in [0, 0.1) is 0 Å². The Hall–Kier alpha value is -0.160. The Labute approximate surface area is 85.3 Å². The summed E-state index contributed by atoms with van der Waals surface area (Å²) in [5, 5.41) is 6.75. The molecule has 4 heteroatoms. The minimum Gasteiger partial charge on any atom is -0.377 e. The Balaban J connectivity index is 1.87. The molecule has 1 spiro atoms. The van der Waals surface area contributed by atoms with Crippen LogP contribution in [0.1, 0.15) is 13.8 Å². The van der Waals surface area contributed by atoms with Crippen molar-refractivity contribution in [1.82, 2.24) is 10.6 Å². The van der Waals surface area contributed by atoms with Crippen molar-refractivity contribution in [2.45, 2.75) is 31.6 Å². The van der Waals surface area contributed by atoms with Gasteiger partial charge in [-0.25, -0.2) is 0 Å². The number of nitrogens with one attached hydrogen (secondary N) is 2. The minimum atomic E-state index is 0.00708. The molecule has 2 saturated heterocycles. The highest BCUT2D eigenvalue weighted by Gasteiger charge is 2.47.